The van der Waals surface area contributed by atoms with Crippen LogP contribution in [0.2, 0.25) is 0 Å². The second-order valence-electron chi connectivity index (χ2n) is 5.08. The molecule has 3 unspecified atom stereocenters. The number of hydrogen-bond donors (Lipinski definition) is 2. The highest BCUT2D eigenvalue weighted by Crippen LogP contribution is 2.26. The van der Waals surface area contributed by atoms with E-state index in [1.54, 1.807) is 0 Å². The summed E-state index contributed by atoms with van der Waals surface area (Å²) in [6.07, 6.45) is 5.85. The average molecular weight is 214 g/mol. The van der Waals surface area contributed by atoms with E-state index in [0.29, 0.717) is 6.54 Å². The molecule has 0 amide bonds. The summed E-state index contributed by atoms with van der Waals surface area (Å²) in [5.41, 5.74) is 5.39. The fraction of sp³-hybridized carbons (Fsp3) is 1.00. The minimum absolute atomic E-state index is 0.325. The Hall–Kier alpha value is -0.120. The molecule has 0 bridgehead atoms. The Labute approximate surface area is 93.6 Å². The summed E-state index contributed by atoms with van der Waals surface area (Å²) in [7, 11) is 2.17. The van der Waals surface area contributed by atoms with Gasteiger partial charge in [0.1, 0.15) is 0 Å². The summed E-state index contributed by atoms with van der Waals surface area (Å²) in [6, 6.07) is 0.721. The van der Waals surface area contributed by atoms with Crippen LogP contribution in [-0.2, 0) is 0 Å². The largest absolute Gasteiger partial charge is 0.392 e. The van der Waals surface area contributed by atoms with E-state index in [4.69, 9.17) is 5.73 Å². The molecule has 90 valence electrons. The minimum atomic E-state index is -0.325. The molecule has 15 heavy (non-hydrogen) atoms. The van der Waals surface area contributed by atoms with Gasteiger partial charge in [-0.1, -0.05) is 19.8 Å². The van der Waals surface area contributed by atoms with Crippen molar-refractivity contribution in [3.8, 4) is 0 Å². The summed E-state index contributed by atoms with van der Waals surface area (Å²) in [4.78, 5) is 2.40. The Morgan fingerprint density at radius 1 is 1.47 bits per heavy atom. The van der Waals surface area contributed by atoms with Gasteiger partial charge in [0, 0.05) is 19.1 Å². The van der Waals surface area contributed by atoms with Gasteiger partial charge in [-0.3, -0.25) is 0 Å². The molecule has 1 rings (SSSR count). The number of aliphatic hydroxyl groups excluding tert-OH is 1. The van der Waals surface area contributed by atoms with Crippen LogP contribution >= 0.6 is 0 Å². The van der Waals surface area contributed by atoms with Crippen LogP contribution in [0, 0.1) is 5.92 Å². The van der Waals surface area contributed by atoms with E-state index in [1.807, 2.05) is 0 Å². The summed E-state index contributed by atoms with van der Waals surface area (Å²) in [5, 5.41) is 9.41. The maximum absolute atomic E-state index is 9.41. The Bertz CT molecular complexity index is 175. The van der Waals surface area contributed by atoms with Crippen molar-refractivity contribution in [1.82, 2.24) is 4.90 Å². The van der Waals surface area contributed by atoms with Crippen LogP contribution < -0.4 is 5.73 Å². The van der Waals surface area contributed by atoms with E-state index < -0.39 is 0 Å². The van der Waals surface area contributed by atoms with Gasteiger partial charge in [-0.25, -0.2) is 0 Å². The summed E-state index contributed by atoms with van der Waals surface area (Å²) >= 11 is 0. The molecule has 0 spiro atoms. The molecule has 0 radical (unpaired) electrons. The van der Waals surface area contributed by atoms with Gasteiger partial charge in [0.15, 0.2) is 0 Å². The van der Waals surface area contributed by atoms with E-state index in [9.17, 15) is 5.11 Å². The van der Waals surface area contributed by atoms with Gasteiger partial charge in [-0.2, -0.15) is 0 Å². The molecule has 1 fully saturated rings. The number of nitrogens with zero attached hydrogens (tertiary/aromatic N) is 1. The lowest BCUT2D eigenvalue weighted by atomic mass is 9.86. The summed E-state index contributed by atoms with van der Waals surface area (Å²) < 4.78 is 0. The van der Waals surface area contributed by atoms with Crippen LogP contribution in [0.1, 0.15) is 39.0 Å². The Morgan fingerprint density at radius 3 is 2.80 bits per heavy atom. The molecule has 0 aromatic rings. The average Bonchev–Trinajstić information content (AvgIpc) is 2.25. The van der Waals surface area contributed by atoms with Crippen LogP contribution in [0.5, 0.6) is 0 Å². The van der Waals surface area contributed by atoms with E-state index in [1.165, 1.54) is 25.7 Å². The first-order valence-corrected chi connectivity index (χ1v) is 6.21. The molecule has 3 nitrogen and oxygen atoms in total. The maximum atomic E-state index is 9.41. The van der Waals surface area contributed by atoms with Crippen molar-refractivity contribution in [3.05, 3.63) is 0 Å². The molecule has 3 atom stereocenters. The van der Waals surface area contributed by atoms with E-state index in [0.717, 1.165) is 24.9 Å². The van der Waals surface area contributed by atoms with Crippen molar-refractivity contribution < 1.29 is 5.11 Å². The van der Waals surface area contributed by atoms with Gasteiger partial charge in [-0.15, -0.1) is 0 Å². The van der Waals surface area contributed by atoms with Gasteiger partial charge < -0.3 is 15.7 Å². The highest BCUT2D eigenvalue weighted by atomic mass is 16.3. The molecule has 1 saturated carbocycles. The summed E-state index contributed by atoms with van der Waals surface area (Å²) in [6.45, 7) is 3.69. The van der Waals surface area contributed by atoms with Crippen LogP contribution in [0.25, 0.3) is 0 Å². The summed E-state index contributed by atoms with van der Waals surface area (Å²) in [5.74, 6) is 0.866. The van der Waals surface area contributed by atoms with Crippen LogP contribution in [-0.4, -0.2) is 42.3 Å². The molecule has 1 aliphatic carbocycles. The third-order valence-electron chi connectivity index (χ3n) is 3.62. The molecule has 0 saturated heterocycles. The van der Waals surface area contributed by atoms with Crippen molar-refractivity contribution in [1.29, 1.82) is 0 Å². The Balaban J connectivity index is 2.23. The van der Waals surface area contributed by atoms with Gasteiger partial charge in [0.2, 0.25) is 0 Å². The molecule has 0 aliphatic heterocycles. The topological polar surface area (TPSA) is 49.5 Å². The fourth-order valence-electron chi connectivity index (χ4n) is 2.46. The molecule has 0 aromatic heterocycles. The molecule has 0 heterocycles. The lowest BCUT2D eigenvalue weighted by Gasteiger charge is -2.34. The predicted octanol–water partition coefficient (Wildman–Crippen LogP) is 1.21. The molecule has 1 aliphatic rings. The zero-order valence-electron chi connectivity index (χ0n) is 10.2. The van der Waals surface area contributed by atoms with Gasteiger partial charge in [0.25, 0.3) is 0 Å². The standard InChI is InChI=1S/C12H26N2O/c1-10-4-3-5-11(8-10)14(2)7-6-12(15)9-13/h10-12,15H,3-9,13H2,1-2H3. The fourth-order valence-corrected chi connectivity index (χ4v) is 2.46. The first-order chi connectivity index (χ1) is 7.13. The number of nitrogens with two attached hydrogens (primary N) is 1. The number of aliphatic hydroxyl groups is 1. The van der Waals surface area contributed by atoms with Crippen molar-refractivity contribution in [2.24, 2.45) is 11.7 Å². The van der Waals surface area contributed by atoms with Crippen molar-refractivity contribution >= 4 is 0 Å². The smallest absolute Gasteiger partial charge is 0.0674 e. The third-order valence-corrected chi connectivity index (χ3v) is 3.62. The van der Waals surface area contributed by atoms with Crippen molar-refractivity contribution in [3.63, 3.8) is 0 Å². The van der Waals surface area contributed by atoms with E-state index >= 15 is 0 Å². The van der Waals surface area contributed by atoms with Crippen LogP contribution in [0.15, 0.2) is 0 Å². The predicted molar refractivity (Wildman–Crippen MR) is 63.7 cm³/mol. The van der Waals surface area contributed by atoms with Crippen molar-refractivity contribution in [2.45, 2.75) is 51.2 Å². The zero-order valence-corrected chi connectivity index (χ0v) is 10.2. The Kier molecular flexibility index (Phi) is 5.58. The molecule has 3 heteroatoms. The maximum Gasteiger partial charge on any atom is 0.0674 e. The zero-order chi connectivity index (χ0) is 11.3. The van der Waals surface area contributed by atoms with E-state index in [2.05, 4.69) is 18.9 Å². The molecule has 0 aromatic carbocycles. The molecular weight excluding hydrogens is 188 g/mol. The first kappa shape index (κ1) is 12.9. The third kappa shape index (κ3) is 4.49. The van der Waals surface area contributed by atoms with Crippen LogP contribution in [0.3, 0.4) is 0 Å². The van der Waals surface area contributed by atoms with Crippen LogP contribution in [0.4, 0.5) is 0 Å². The SMILES string of the molecule is CC1CCCC(N(C)CCC(O)CN)C1. The first-order valence-electron chi connectivity index (χ1n) is 6.21. The Morgan fingerprint density at radius 2 is 2.20 bits per heavy atom. The monoisotopic (exact) mass is 214 g/mol. The number of rotatable bonds is 5. The highest BCUT2D eigenvalue weighted by molar-refractivity contribution is 4.77. The quantitative estimate of drug-likeness (QED) is 0.723. The minimum Gasteiger partial charge on any atom is -0.392 e. The number of hydrogen-bond acceptors (Lipinski definition) is 3. The van der Waals surface area contributed by atoms with Gasteiger partial charge >= 0.3 is 0 Å². The van der Waals surface area contributed by atoms with Gasteiger partial charge in [0.05, 0.1) is 6.10 Å². The second-order valence-corrected chi connectivity index (χ2v) is 5.08. The van der Waals surface area contributed by atoms with Crippen molar-refractivity contribution in [2.75, 3.05) is 20.1 Å². The lowest BCUT2D eigenvalue weighted by molar-refractivity contribution is 0.120. The highest BCUT2D eigenvalue weighted by Gasteiger charge is 2.22. The van der Waals surface area contributed by atoms with E-state index in [-0.39, 0.29) is 6.10 Å². The lowest BCUT2D eigenvalue weighted by Crippen LogP contribution is -2.37. The normalized spacial score (nSPS) is 29.4. The van der Waals surface area contributed by atoms with Gasteiger partial charge in [-0.05, 0) is 32.2 Å². The molecular formula is C12H26N2O. The second kappa shape index (κ2) is 6.46. The molecule has 3 N–H and O–H groups in total.